The Morgan fingerprint density at radius 1 is 1.00 bits per heavy atom. The molecular formula is C20H22FNO4. The number of carboxylic acid groups (broad SMARTS) is 1. The molecule has 0 aromatic heterocycles. The van der Waals surface area contributed by atoms with E-state index in [2.05, 4.69) is 5.32 Å². The number of hydrogen-bond acceptors (Lipinski definition) is 3. The second-order valence-electron chi connectivity index (χ2n) is 5.86. The minimum Gasteiger partial charge on any atom is -0.494 e. The van der Waals surface area contributed by atoms with Gasteiger partial charge in [0.25, 0.3) is 0 Å². The predicted octanol–water partition coefficient (Wildman–Crippen LogP) is 3.43. The molecule has 0 saturated carbocycles. The van der Waals surface area contributed by atoms with Gasteiger partial charge in [-0.05, 0) is 61.2 Å². The van der Waals surface area contributed by atoms with Crippen LogP contribution in [0.25, 0.3) is 0 Å². The minimum absolute atomic E-state index is 0.0354. The van der Waals surface area contributed by atoms with Crippen LogP contribution in [0.3, 0.4) is 0 Å². The van der Waals surface area contributed by atoms with Crippen molar-refractivity contribution < 1.29 is 23.8 Å². The molecule has 138 valence electrons. The third kappa shape index (κ3) is 6.93. The minimum atomic E-state index is -0.960. The van der Waals surface area contributed by atoms with E-state index in [1.54, 1.807) is 24.3 Å². The zero-order chi connectivity index (χ0) is 18.8. The molecule has 0 unspecified atom stereocenters. The highest BCUT2D eigenvalue weighted by Crippen LogP contribution is 2.11. The van der Waals surface area contributed by atoms with Gasteiger partial charge in [0, 0.05) is 13.0 Å². The van der Waals surface area contributed by atoms with Crippen molar-refractivity contribution in [2.45, 2.75) is 25.7 Å². The lowest BCUT2D eigenvalue weighted by Crippen LogP contribution is -2.24. The zero-order valence-electron chi connectivity index (χ0n) is 14.4. The highest BCUT2D eigenvalue weighted by Gasteiger charge is 2.04. The van der Waals surface area contributed by atoms with Crippen LogP contribution in [-0.2, 0) is 11.2 Å². The summed E-state index contributed by atoms with van der Waals surface area (Å²) in [7, 11) is 0. The molecule has 0 aliphatic rings. The first-order chi connectivity index (χ1) is 12.5. The molecule has 1 amide bonds. The molecule has 2 N–H and O–H groups in total. The highest BCUT2D eigenvalue weighted by atomic mass is 19.1. The summed E-state index contributed by atoms with van der Waals surface area (Å²) in [6.45, 7) is 1.08. The second-order valence-corrected chi connectivity index (χ2v) is 5.86. The van der Waals surface area contributed by atoms with Gasteiger partial charge in [-0.2, -0.15) is 0 Å². The number of carbonyl (C=O) groups is 2. The molecule has 0 spiro atoms. The third-order valence-electron chi connectivity index (χ3n) is 3.82. The normalized spacial score (nSPS) is 10.3. The smallest absolute Gasteiger partial charge is 0.335 e. The first kappa shape index (κ1) is 19.4. The maximum Gasteiger partial charge on any atom is 0.335 e. The van der Waals surface area contributed by atoms with Crippen LogP contribution in [0, 0.1) is 5.82 Å². The van der Waals surface area contributed by atoms with Crippen molar-refractivity contribution >= 4 is 11.9 Å². The van der Waals surface area contributed by atoms with Crippen molar-refractivity contribution in [2.24, 2.45) is 0 Å². The second kappa shape index (κ2) is 10.2. The van der Waals surface area contributed by atoms with Crippen LogP contribution in [-0.4, -0.2) is 30.1 Å². The fraction of sp³-hybridized carbons (Fsp3) is 0.300. The molecule has 2 aromatic carbocycles. The van der Waals surface area contributed by atoms with Gasteiger partial charge in [-0.25, -0.2) is 9.18 Å². The molecule has 0 fully saturated rings. The van der Waals surface area contributed by atoms with Crippen LogP contribution in [0.2, 0.25) is 0 Å². The standard InChI is InChI=1S/C20H22FNO4/c21-17-8-10-18(11-9-17)26-14-2-1-13-22-19(23)12-5-15-3-6-16(7-4-15)20(24)25/h3-4,6-11H,1-2,5,12-14H2,(H,22,23)(H,24,25). The Morgan fingerprint density at radius 2 is 1.69 bits per heavy atom. The number of unbranched alkanes of at least 4 members (excludes halogenated alkanes) is 1. The third-order valence-corrected chi connectivity index (χ3v) is 3.82. The van der Waals surface area contributed by atoms with Gasteiger partial charge in [-0.15, -0.1) is 0 Å². The highest BCUT2D eigenvalue weighted by molar-refractivity contribution is 5.87. The average molecular weight is 359 g/mol. The van der Waals surface area contributed by atoms with Gasteiger partial charge >= 0.3 is 5.97 Å². The Kier molecular flexibility index (Phi) is 7.61. The number of nitrogens with one attached hydrogen (secondary N) is 1. The lowest BCUT2D eigenvalue weighted by atomic mass is 10.1. The zero-order valence-corrected chi connectivity index (χ0v) is 14.4. The van der Waals surface area contributed by atoms with E-state index in [-0.39, 0.29) is 17.3 Å². The van der Waals surface area contributed by atoms with Gasteiger partial charge in [-0.3, -0.25) is 4.79 Å². The van der Waals surface area contributed by atoms with Crippen molar-refractivity contribution in [1.82, 2.24) is 5.32 Å². The first-order valence-electron chi connectivity index (χ1n) is 8.52. The Hall–Kier alpha value is -2.89. The molecule has 2 rings (SSSR count). The summed E-state index contributed by atoms with van der Waals surface area (Å²) in [5, 5.41) is 11.7. The number of hydrogen-bond donors (Lipinski definition) is 2. The first-order valence-corrected chi connectivity index (χ1v) is 8.52. The molecule has 0 heterocycles. The summed E-state index contributed by atoms with van der Waals surface area (Å²) in [4.78, 5) is 22.6. The number of benzene rings is 2. The lowest BCUT2D eigenvalue weighted by molar-refractivity contribution is -0.121. The lowest BCUT2D eigenvalue weighted by Gasteiger charge is -2.07. The molecule has 0 aliphatic carbocycles. The summed E-state index contributed by atoms with van der Waals surface area (Å²) in [6.07, 6.45) is 2.51. The van der Waals surface area contributed by atoms with Gasteiger partial charge in [0.2, 0.25) is 5.91 Å². The van der Waals surface area contributed by atoms with E-state index in [0.29, 0.717) is 31.7 Å². The summed E-state index contributed by atoms with van der Waals surface area (Å²) in [6, 6.07) is 12.4. The Morgan fingerprint density at radius 3 is 2.35 bits per heavy atom. The number of aryl methyl sites for hydroxylation is 1. The molecule has 5 nitrogen and oxygen atoms in total. The van der Waals surface area contributed by atoms with Crippen molar-refractivity contribution in [3.05, 3.63) is 65.5 Å². The van der Waals surface area contributed by atoms with Crippen LogP contribution in [0.1, 0.15) is 35.2 Å². The molecule has 2 aromatic rings. The maximum absolute atomic E-state index is 12.8. The number of rotatable bonds is 10. The maximum atomic E-state index is 12.8. The molecule has 0 saturated heterocycles. The van der Waals surface area contributed by atoms with Crippen LogP contribution < -0.4 is 10.1 Å². The number of aromatic carboxylic acids is 1. The van der Waals surface area contributed by atoms with Crippen LogP contribution in [0.15, 0.2) is 48.5 Å². The van der Waals surface area contributed by atoms with E-state index >= 15 is 0 Å². The van der Waals surface area contributed by atoms with E-state index in [1.165, 1.54) is 24.3 Å². The monoisotopic (exact) mass is 359 g/mol. The Labute approximate surface area is 151 Å². The van der Waals surface area contributed by atoms with Gasteiger partial charge in [-0.1, -0.05) is 12.1 Å². The molecule has 0 atom stereocenters. The van der Waals surface area contributed by atoms with E-state index in [4.69, 9.17) is 9.84 Å². The molecule has 6 heteroatoms. The Balaban J connectivity index is 1.54. The average Bonchev–Trinajstić information content (AvgIpc) is 2.64. The van der Waals surface area contributed by atoms with Crippen molar-refractivity contribution in [1.29, 1.82) is 0 Å². The number of carboxylic acids is 1. The number of halogens is 1. The quantitative estimate of drug-likeness (QED) is 0.637. The van der Waals surface area contributed by atoms with Crippen LogP contribution in [0.5, 0.6) is 5.75 Å². The summed E-state index contributed by atoms with van der Waals surface area (Å²) < 4.78 is 18.2. The van der Waals surface area contributed by atoms with Gasteiger partial charge in [0.15, 0.2) is 0 Å². The fourth-order valence-corrected chi connectivity index (χ4v) is 2.34. The summed E-state index contributed by atoms with van der Waals surface area (Å²) in [5.74, 6) is -0.660. The summed E-state index contributed by atoms with van der Waals surface area (Å²) in [5.41, 5.74) is 1.17. The van der Waals surface area contributed by atoms with Crippen molar-refractivity contribution in [3.8, 4) is 5.75 Å². The molecule has 0 radical (unpaired) electrons. The molecule has 26 heavy (non-hydrogen) atoms. The van der Waals surface area contributed by atoms with E-state index < -0.39 is 5.97 Å². The molecule has 0 aliphatic heterocycles. The van der Waals surface area contributed by atoms with Gasteiger partial charge in [0.05, 0.1) is 12.2 Å². The van der Waals surface area contributed by atoms with E-state index in [0.717, 1.165) is 18.4 Å². The fourth-order valence-electron chi connectivity index (χ4n) is 2.34. The predicted molar refractivity (Wildman–Crippen MR) is 95.9 cm³/mol. The Bertz CT molecular complexity index is 714. The van der Waals surface area contributed by atoms with Gasteiger partial charge in [0.1, 0.15) is 11.6 Å². The van der Waals surface area contributed by atoms with Gasteiger partial charge < -0.3 is 15.2 Å². The summed E-state index contributed by atoms with van der Waals surface area (Å²) >= 11 is 0. The van der Waals surface area contributed by atoms with Crippen molar-refractivity contribution in [2.75, 3.05) is 13.2 Å². The largest absolute Gasteiger partial charge is 0.494 e. The number of ether oxygens (including phenoxy) is 1. The van der Waals surface area contributed by atoms with E-state index in [1.807, 2.05) is 0 Å². The number of amides is 1. The SMILES string of the molecule is O=C(CCc1ccc(C(=O)O)cc1)NCCCCOc1ccc(F)cc1. The molecule has 0 bridgehead atoms. The van der Waals surface area contributed by atoms with Crippen molar-refractivity contribution in [3.63, 3.8) is 0 Å². The van der Waals surface area contributed by atoms with Crippen LogP contribution in [0.4, 0.5) is 4.39 Å². The molecular weight excluding hydrogens is 337 g/mol. The topological polar surface area (TPSA) is 75.6 Å². The van der Waals surface area contributed by atoms with E-state index in [9.17, 15) is 14.0 Å². The van der Waals surface area contributed by atoms with Crippen LogP contribution >= 0.6 is 0 Å². The number of carbonyl (C=O) groups excluding carboxylic acids is 1.